The highest BCUT2D eigenvalue weighted by Crippen LogP contribution is 2.41. The highest BCUT2D eigenvalue weighted by atomic mass is 19.1. The van der Waals surface area contributed by atoms with Gasteiger partial charge in [0.2, 0.25) is 0 Å². The minimum atomic E-state index is -0.597. The van der Waals surface area contributed by atoms with E-state index in [2.05, 4.69) is 5.32 Å². The molecule has 98 valence electrons. The number of nitrogens with one attached hydrogen (secondary N) is 1. The molecule has 1 saturated carbocycles. The van der Waals surface area contributed by atoms with E-state index in [-0.39, 0.29) is 17.4 Å². The predicted molar refractivity (Wildman–Crippen MR) is 68.7 cm³/mol. The maximum Gasteiger partial charge on any atom is 0.123 e. The third kappa shape index (κ3) is 2.17. The Bertz CT molecular complexity index is 428. The van der Waals surface area contributed by atoms with Crippen molar-refractivity contribution in [2.45, 2.75) is 56.2 Å². The molecule has 0 aromatic heterocycles. The summed E-state index contributed by atoms with van der Waals surface area (Å²) in [5, 5.41) is 14.0. The molecule has 18 heavy (non-hydrogen) atoms. The lowest BCUT2D eigenvalue weighted by atomic mass is 9.96. The van der Waals surface area contributed by atoms with Gasteiger partial charge in [-0.2, -0.15) is 0 Å². The maximum atomic E-state index is 13.2. The van der Waals surface area contributed by atoms with E-state index in [1.807, 2.05) is 0 Å². The van der Waals surface area contributed by atoms with Crippen LogP contribution in [0.1, 0.15) is 50.2 Å². The van der Waals surface area contributed by atoms with Crippen LogP contribution in [-0.4, -0.2) is 16.7 Å². The van der Waals surface area contributed by atoms with Gasteiger partial charge in [-0.1, -0.05) is 25.0 Å². The SMILES string of the molecule is O[C@H](c1cccc(F)c1)C1CCC2(CCCC2)N1. The summed E-state index contributed by atoms with van der Waals surface area (Å²) in [6, 6.07) is 6.39. The summed E-state index contributed by atoms with van der Waals surface area (Å²) in [6.07, 6.45) is 6.55. The topological polar surface area (TPSA) is 32.3 Å². The Kier molecular flexibility index (Phi) is 3.12. The highest BCUT2D eigenvalue weighted by molar-refractivity contribution is 5.21. The normalized spacial score (nSPS) is 27.8. The van der Waals surface area contributed by atoms with Gasteiger partial charge in [-0.25, -0.2) is 4.39 Å². The van der Waals surface area contributed by atoms with Gasteiger partial charge in [0.1, 0.15) is 5.82 Å². The zero-order valence-electron chi connectivity index (χ0n) is 10.5. The van der Waals surface area contributed by atoms with Gasteiger partial charge in [-0.05, 0) is 43.4 Å². The summed E-state index contributed by atoms with van der Waals surface area (Å²) in [4.78, 5) is 0. The number of hydrogen-bond acceptors (Lipinski definition) is 2. The van der Waals surface area contributed by atoms with Crippen LogP contribution in [-0.2, 0) is 0 Å². The van der Waals surface area contributed by atoms with Crippen LogP contribution in [0.3, 0.4) is 0 Å². The second-order valence-corrected chi connectivity index (χ2v) is 5.78. The summed E-state index contributed by atoms with van der Waals surface area (Å²) < 4.78 is 13.2. The fraction of sp³-hybridized carbons (Fsp3) is 0.600. The van der Waals surface area contributed by atoms with Crippen LogP contribution in [0.2, 0.25) is 0 Å². The second-order valence-electron chi connectivity index (χ2n) is 5.78. The van der Waals surface area contributed by atoms with Gasteiger partial charge >= 0.3 is 0 Å². The zero-order valence-corrected chi connectivity index (χ0v) is 10.5. The molecule has 1 aromatic carbocycles. The molecule has 1 spiro atoms. The molecule has 1 unspecified atom stereocenters. The van der Waals surface area contributed by atoms with Crippen molar-refractivity contribution in [1.29, 1.82) is 0 Å². The van der Waals surface area contributed by atoms with Gasteiger partial charge in [0.15, 0.2) is 0 Å². The molecule has 1 saturated heterocycles. The minimum absolute atomic E-state index is 0.0740. The third-order valence-electron chi connectivity index (χ3n) is 4.56. The monoisotopic (exact) mass is 249 g/mol. The van der Waals surface area contributed by atoms with Gasteiger partial charge in [-0.15, -0.1) is 0 Å². The van der Waals surface area contributed by atoms with Crippen molar-refractivity contribution in [3.63, 3.8) is 0 Å². The molecule has 1 heterocycles. The first-order valence-corrected chi connectivity index (χ1v) is 6.90. The quantitative estimate of drug-likeness (QED) is 0.844. The Hall–Kier alpha value is -0.930. The highest BCUT2D eigenvalue weighted by Gasteiger charge is 2.42. The standard InChI is InChI=1S/C15H20FNO/c16-12-5-3-4-11(10-12)14(18)13-6-9-15(17-13)7-1-2-8-15/h3-5,10,13-14,17-18H,1-2,6-9H2/t13?,14-/m1/s1. The van der Waals surface area contributed by atoms with Gasteiger partial charge in [-0.3, -0.25) is 0 Å². The van der Waals surface area contributed by atoms with Crippen LogP contribution < -0.4 is 5.32 Å². The fourth-order valence-corrected chi connectivity index (χ4v) is 3.58. The molecular weight excluding hydrogens is 229 g/mol. The van der Waals surface area contributed by atoms with Gasteiger partial charge in [0.05, 0.1) is 6.10 Å². The molecule has 2 atom stereocenters. The van der Waals surface area contributed by atoms with E-state index in [0.717, 1.165) is 12.8 Å². The van der Waals surface area contributed by atoms with E-state index >= 15 is 0 Å². The van der Waals surface area contributed by atoms with Crippen LogP contribution in [0, 0.1) is 5.82 Å². The van der Waals surface area contributed by atoms with Gasteiger partial charge < -0.3 is 10.4 Å². The largest absolute Gasteiger partial charge is 0.387 e. The average Bonchev–Trinajstić information content (AvgIpc) is 3.00. The molecule has 1 aliphatic heterocycles. The van der Waals surface area contributed by atoms with E-state index in [4.69, 9.17) is 0 Å². The summed E-state index contributed by atoms with van der Waals surface area (Å²) >= 11 is 0. The predicted octanol–water partition coefficient (Wildman–Crippen LogP) is 2.92. The van der Waals surface area contributed by atoms with E-state index in [1.54, 1.807) is 12.1 Å². The Balaban J connectivity index is 1.72. The molecule has 3 heteroatoms. The van der Waals surface area contributed by atoms with Crippen molar-refractivity contribution in [2.24, 2.45) is 0 Å². The summed E-state index contributed by atoms with van der Waals surface area (Å²) in [7, 11) is 0. The van der Waals surface area contributed by atoms with E-state index in [1.165, 1.54) is 37.8 Å². The average molecular weight is 249 g/mol. The van der Waals surface area contributed by atoms with Crippen LogP contribution in [0.25, 0.3) is 0 Å². The molecule has 0 amide bonds. The molecule has 0 radical (unpaired) electrons. The van der Waals surface area contributed by atoms with Gasteiger partial charge in [0, 0.05) is 11.6 Å². The van der Waals surface area contributed by atoms with Crippen molar-refractivity contribution >= 4 is 0 Å². The molecule has 3 rings (SSSR count). The van der Waals surface area contributed by atoms with E-state index < -0.39 is 6.10 Å². The fourth-order valence-electron chi connectivity index (χ4n) is 3.58. The Morgan fingerprint density at radius 1 is 1.28 bits per heavy atom. The van der Waals surface area contributed by atoms with Crippen molar-refractivity contribution < 1.29 is 9.50 Å². The molecule has 2 aliphatic rings. The molecule has 2 fully saturated rings. The number of halogens is 1. The molecule has 1 aromatic rings. The second kappa shape index (κ2) is 4.63. The van der Waals surface area contributed by atoms with Gasteiger partial charge in [0.25, 0.3) is 0 Å². The van der Waals surface area contributed by atoms with Crippen molar-refractivity contribution in [3.8, 4) is 0 Å². The number of aliphatic hydroxyl groups is 1. The summed E-state index contributed by atoms with van der Waals surface area (Å²) in [6.45, 7) is 0. The third-order valence-corrected chi connectivity index (χ3v) is 4.56. The number of hydrogen-bond donors (Lipinski definition) is 2. The first kappa shape index (κ1) is 12.1. The number of aliphatic hydroxyl groups excluding tert-OH is 1. The van der Waals surface area contributed by atoms with E-state index in [0.29, 0.717) is 5.56 Å². The molecule has 1 aliphatic carbocycles. The van der Waals surface area contributed by atoms with Crippen molar-refractivity contribution in [3.05, 3.63) is 35.6 Å². The first-order chi connectivity index (χ1) is 8.69. The Morgan fingerprint density at radius 3 is 2.78 bits per heavy atom. The summed E-state index contributed by atoms with van der Waals surface area (Å²) in [5.41, 5.74) is 0.946. The number of rotatable bonds is 2. The summed E-state index contributed by atoms with van der Waals surface area (Å²) in [5.74, 6) is -0.278. The Morgan fingerprint density at radius 2 is 2.06 bits per heavy atom. The maximum absolute atomic E-state index is 13.2. The lowest BCUT2D eigenvalue weighted by Crippen LogP contribution is -2.42. The molecule has 2 nitrogen and oxygen atoms in total. The van der Waals surface area contributed by atoms with Crippen LogP contribution in [0.4, 0.5) is 4.39 Å². The molecular formula is C15H20FNO. The van der Waals surface area contributed by atoms with E-state index in [9.17, 15) is 9.50 Å². The van der Waals surface area contributed by atoms with Crippen molar-refractivity contribution in [2.75, 3.05) is 0 Å². The minimum Gasteiger partial charge on any atom is -0.387 e. The van der Waals surface area contributed by atoms with Crippen molar-refractivity contribution in [1.82, 2.24) is 5.32 Å². The lowest BCUT2D eigenvalue weighted by molar-refractivity contribution is 0.129. The first-order valence-electron chi connectivity index (χ1n) is 6.90. The lowest BCUT2D eigenvalue weighted by Gasteiger charge is -2.27. The van der Waals surface area contributed by atoms with Crippen LogP contribution in [0.15, 0.2) is 24.3 Å². The smallest absolute Gasteiger partial charge is 0.123 e. The van der Waals surface area contributed by atoms with Crippen LogP contribution >= 0.6 is 0 Å². The van der Waals surface area contributed by atoms with Crippen LogP contribution in [0.5, 0.6) is 0 Å². The zero-order chi connectivity index (χ0) is 12.6. The number of benzene rings is 1. The Labute approximate surface area is 107 Å². The molecule has 2 N–H and O–H groups in total. The molecule has 0 bridgehead atoms.